The minimum atomic E-state index is -0.919. The number of carbonyl (C=O) groups excluding carboxylic acids is 1. The molecule has 0 saturated heterocycles. The highest BCUT2D eigenvalue weighted by atomic mass is 16.4. The number of hydrogen-bond acceptors (Lipinski definition) is 5. The molecular formula is C19H33N5O3. The smallest absolute Gasteiger partial charge is 0.322 e. The minimum absolute atomic E-state index is 0.00719. The van der Waals surface area contributed by atoms with E-state index in [9.17, 15) is 14.7 Å². The Kier molecular flexibility index (Phi) is 7.35. The molecule has 0 radical (unpaired) electrons. The lowest BCUT2D eigenvalue weighted by molar-refractivity contribution is -0.146. The van der Waals surface area contributed by atoms with Gasteiger partial charge in [0.2, 0.25) is 5.91 Å². The first-order valence-electron chi connectivity index (χ1n) is 9.82. The number of rotatable bonds is 9. The molecule has 1 aliphatic rings. The first-order chi connectivity index (χ1) is 12.7. The molecule has 1 unspecified atom stereocenters. The van der Waals surface area contributed by atoms with Crippen LogP contribution in [0.3, 0.4) is 0 Å². The van der Waals surface area contributed by atoms with Crippen molar-refractivity contribution >= 4 is 11.9 Å². The van der Waals surface area contributed by atoms with Gasteiger partial charge in [-0.1, -0.05) is 27.7 Å². The number of amides is 1. The van der Waals surface area contributed by atoms with Crippen LogP contribution in [0, 0.1) is 18.8 Å². The third kappa shape index (κ3) is 5.76. The van der Waals surface area contributed by atoms with Gasteiger partial charge in [-0.15, -0.1) is 10.2 Å². The number of carboxylic acids is 1. The van der Waals surface area contributed by atoms with E-state index < -0.39 is 12.0 Å². The van der Waals surface area contributed by atoms with E-state index in [1.807, 2.05) is 16.4 Å². The summed E-state index contributed by atoms with van der Waals surface area (Å²) >= 11 is 0. The van der Waals surface area contributed by atoms with Crippen molar-refractivity contribution in [2.75, 3.05) is 19.6 Å². The number of nitrogens with zero attached hydrogens (tertiary/aromatic N) is 5. The maximum absolute atomic E-state index is 13.0. The lowest BCUT2D eigenvalue weighted by Crippen LogP contribution is -2.52. The molecule has 1 N–H and O–H groups in total. The molecule has 1 atom stereocenters. The van der Waals surface area contributed by atoms with Crippen LogP contribution in [0.4, 0.5) is 0 Å². The summed E-state index contributed by atoms with van der Waals surface area (Å²) in [6.45, 7) is 12.5. The van der Waals surface area contributed by atoms with Gasteiger partial charge in [0, 0.05) is 13.1 Å². The molecule has 0 saturated carbocycles. The fourth-order valence-electron chi connectivity index (χ4n) is 3.22. The van der Waals surface area contributed by atoms with E-state index in [0.29, 0.717) is 43.1 Å². The van der Waals surface area contributed by atoms with Crippen LogP contribution in [0.5, 0.6) is 0 Å². The van der Waals surface area contributed by atoms with Gasteiger partial charge in [-0.2, -0.15) is 0 Å². The van der Waals surface area contributed by atoms with E-state index in [2.05, 4.69) is 37.9 Å². The average molecular weight is 380 g/mol. The largest absolute Gasteiger partial charge is 0.480 e. The van der Waals surface area contributed by atoms with Gasteiger partial charge in [0.05, 0.1) is 19.6 Å². The summed E-state index contributed by atoms with van der Waals surface area (Å²) in [5.74, 6) is 1.53. The maximum atomic E-state index is 13.0. The van der Waals surface area contributed by atoms with Crippen molar-refractivity contribution in [3.8, 4) is 0 Å². The van der Waals surface area contributed by atoms with E-state index in [0.717, 1.165) is 12.8 Å². The molecule has 1 aromatic heterocycles. The predicted octanol–water partition coefficient (Wildman–Crippen LogP) is 1.78. The Hall–Kier alpha value is -1.96. The van der Waals surface area contributed by atoms with Gasteiger partial charge in [0.15, 0.2) is 0 Å². The Balaban J connectivity index is 2.09. The van der Waals surface area contributed by atoms with Crippen LogP contribution in [0.1, 0.15) is 52.2 Å². The van der Waals surface area contributed by atoms with Gasteiger partial charge >= 0.3 is 5.97 Å². The van der Waals surface area contributed by atoms with Crippen molar-refractivity contribution in [1.82, 2.24) is 24.6 Å². The summed E-state index contributed by atoms with van der Waals surface area (Å²) in [6.07, 6.45) is 1.89. The molecule has 8 heteroatoms. The van der Waals surface area contributed by atoms with Crippen LogP contribution in [-0.4, -0.2) is 67.2 Å². The number of hydrogen-bond donors (Lipinski definition) is 1. The molecule has 1 aromatic rings. The average Bonchev–Trinajstić information content (AvgIpc) is 2.93. The van der Waals surface area contributed by atoms with Gasteiger partial charge in [-0.05, 0) is 31.6 Å². The van der Waals surface area contributed by atoms with Gasteiger partial charge in [0.25, 0.3) is 0 Å². The molecular weight excluding hydrogens is 346 g/mol. The SMILES string of the molecule is Cc1nnc2n1CC(C(=O)O)N(CC(=O)N(CCC(C)C)CCC(C)C)C2. The fraction of sp³-hybridized carbons (Fsp3) is 0.789. The number of carboxylic acid groups (broad SMARTS) is 1. The van der Waals surface area contributed by atoms with E-state index >= 15 is 0 Å². The number of carbonyl (C=O) groups is 2. The number of fused-ring (bicyclic) bond motifs is 1. The van der Waals surface area contributed by atoms with E-state index in [1.54, 1.807) is 4.90 Å². The second-order valence-corrected chi connectivity index (χ2v) is 8.28. The van der Waals surface area contributed by atoms with Crippen molar-refractivity contribution < 1.29 is 14.7 Å². The molecule has 2 rings (SSSR count). The lowest BCUT2D eigenvalue weighted by atomic mass is 10.1. The number of aliphatic carboxylic acids is 1. The molecule has 27 heavy (non-hydrogen) atoms. The zero-order chi connectivity index (χ0) is 20.1. The Labute approximate surface area is 161 Å². The molecule has 8 nitrogen and oxygen atoms in total. The number of aryl methyl sites for hydroxylation is 1. The lowest BCUT2D eigenvalue weighted by Gasteiger charge is -2.34. The quantitative estimate of drug-likeness (QED) is 0.703. The molecule has 0 fully saturated rings. The summed E-state index contributed by atoms with van der Waals surface area (Å²) in [5.41, 5.74) is 0. The van der Waals surface area contributed by atoms with E-state index in [1.165, 1.54) is 0 Å². The van der Waals surface area contributed by atoms with Gasteiger partial charge < -0.3 is 14.6 Å². The van der Waals surface area contributed by atoms with Crippen molar-refractivity contribution in [1.29, 1.82) is 0 Å². The summed E-state index contributed by atoms with van der Waals surface area (Å²) in [5, 5.41) is 17.8. The normalized spacial score (nSPS) is 17.4. The summed E-state index contributed by atoms with van der Waals surface area (Å²) in [4.78, 5) is 28.3. The first-order valence-corrected chi connectivity index (χ1v) is 9.82. The topological polar surface area (TPSA) is 91.6 Å². The Morgan fingerprint density at radius 1 is 1.15 bits per heavy atom. The first kappa shape index (κ1) is 21.3. The molecule has 152 valence electrons. The molecule has 2 heterocycles. The van der Waals surface area contributed by atoms with Crippen molar-refractivity contribution in [3.05, 3.63) is 11.6 Å². The molecule has 0 aromatic carbocycles. The molecule has 0 aliphatic carbocycles. The van der Waals surface area contributed by atoms with Gasteiger partial charge in [-0.25, -0.2) is 0 Å². The summed E-state index contributed by atoms with van der Waals surface area (Å²) < 4.78 is 1.83. The second kappa shape index (κ2) is 9.30. The van der Waals surface area contributed by atoms with Crippen LogP contribution in [0.15, 0.2) is 0 Å². The maximum Gasteiger partial charge on any atom is 0.322 e. The fourth-order valence-corrected chi connectivity index (χ4v) is 3.22. The zero-order valence-corrected chi connectivity index (χ0v) is 17.2. The monoisotopic (exact) mass is 379 g/mol. The standard InChI is InChI=1S/C19H33N5O3/c1-13(2)6-8-22(9-7-14(3)4)18(25)12-23-11-17-21-20-15(5)24(17)10-16(23)19(26)27/h13-14,16H,6-12H2,1-5H3,(H,26,27). The van der Waals surface area contributed by atoms with Crippen LogP contribution < -0.4 is 0 Å². The highest BCUT2D eigenvalue weighted by Crippen LogP contribution is 2.18. The summed E-state index contributed by atoms with van der Waals surface area (Å²) in [6, 6.07) is -0.742. The minimum Gasteiger partial charge on any atom is -0.480 e. The van der Waals surface area contributed by atoms with E-state index in [-0.39, 0.29) is 19.0 Å². The Bertz CT molecular complexity index is 644. The highest BCUT2D eigenvalue weighted by molar-refractivity contribution is 5.80. The summed E-state index contributed by atoms with van der Waals surface area (Å²) in [7, 11) is 0. The third-order valence-electron chi connectivity index (χ3n) is 5.08. The molecule has 1 aliphatic heterocycles. The predicted molar refractivity (Wildman–Crippen MR) is 102 cm³/mol. The van der Waals surface area contributed by atoms with Crippen molar-refractivity contribution in [3.63, 3.8) is 0 Å². The highest BCUT2D eigenvalue weighted by Gasteiger charge is 2.35. The van der Waals surface area contributed by atoms with Crippen LogP contribution in [0.2, 0.25) is 0 Å². The molecule has 0 spiro atoms. The Morgan fingerprint density at radius 2 is 1.74 bits per heavy atom. The zero-order valence-electron chi connectivity index (χ0n) is 17.2. The van der Waals surface area contributed by atoms with Crippen LogP contribution in [-0.2, 0) is 22.7 Å². The van der Waals surface area contributed by atoms with Gasteiger partial charge in [0.1, 0.15) is 17.7 Å². The van der Waals surface area contributed by atoms with Crippen molar-refractivity contribution in [2.45, 2.75) is 66.6 Å². The van der Waals surface area contributed by atoms with Crippen molar-refractivity contribution in [2.24, 2.45) is 11.8 Å². The Morgan fingerprint density at radius 3 is 2.26 bits per heavy atom. The third-order valence-corrected chi connectivity index (χ3v) is 5.08. The van der Waals surface area contributed by atoms with E-state index in [4.69, 9.17) is 0 Å². The number of aromatic nitrogens is 3. The van der Waals surface area contributed by atoms with Gasteiger partial charge in [-0.3, -0.25) is 14.5 Å². The second-order valence-electron chi connectivity index (χ2n) is 8.28. The molecule has 0 bridgehead atoms. The molecule has 1 amide bonds. The van der Waals surface area contributed by atoms with Crippen LogP contribution >= 0.6 is 0 Å². The van der Waals surface area contributed by atoms with Crippen LogP contribution in [0.25, 0.3) is 0 Å².